The van der Waals surface area contributed by atoms with Crippen LogP contribution in [0, 0.1) is 11.8 Å². The topological polar surface area (TPSA) is 78.0 Å². The molecule has 134 valence electrons. The molecular weight excluding hydrogens is 334 g/mol. The Hall–Kier alpha value is -1.82. The highest BCUT2D eigenvalue weighted by Gasteiger charge is 2.32. The Morgan fingerprint density at radius 1 is 1.32 bits per heavy atom. The van der Waals surface area contributed by atoms with Gasteiger partial charge in [0.2, 0.25) is 5.91 Å². The van der Waals surface area contributed by atoms with Crippen molar-refractivity contribution in [3.63, 3.8) is 0 Å². The molecule has 0 saturated heterocycles. The van der Waals surface area contributed by atoms with E-state index < -0.39 is 11.2 Å². The summed E-state index contributed by atoms with van der Waals surface area (Å²) in [5.74, 6) is 0.546. The molecule has 4 atom stereocenters. The van der Waals surface area contributed by atoms with Crippen molar-refractivity contribution in [3.8, 4) is 0 Å². The minimum Gasteiger partial charge on any atom is -0.369 e. The molecule has 1 heterocycles. The van der Waals surface area contributed by atoms with Crippen LogP contribution in [0.25, 0.3) is 10.9 Å². The first-order valence-electron chi connectivity index (χ1n) is 8.87. The Kier molecular flexibility index (Phi) is 5.18. The second-order valence-electron chi connectivity index (χ2n) is 7.08. The van der Waals surface area contributed by atoms with Crippen molar-refractivity contribution in [1.82, 2.24) is 9.55 Å². The van der Waals surface area contributed by atoms with E-state index >= 15 is 0 Å². The molecule has 0 radical (unpaired) electrons. The third kappa shape index (κ3) is 3.45. The first-order chi connectivity index (χ1) is 11.9. The molecule has 5 nitrogen and oxygen atoms in total. The quantitative estimate of drug-likeness (QED) is 0.671. The maximum absolute atomic E-state index is 13.2. The van der Waals surface area contributed by atoms with E-state index in [0.29, 0.717) is 27.9 Å². The number of hydrogen-bond donors (Lipinski definition) is 1. The number of nitrogens with two attached hydrogens (primary N) is 1. The van der Waals surface area contributed by atoms with Crippen LogP contribution in [-0.4, -0.2) is 20.7 Å². The zero-order valence-electron chi connectivity index (χ0n) is 14.9. The average Bonchev–Trinajstić information content (AvgIpc) is 2.58. The van der Waals surface area contributed by atoms with Crippen LogP contribution in [0.4, 0.5) is 0 Å². The highest BCUT2D eigenvalue weighted by molar-refractivity contribution is 8.00. The number of carbonyl (C=O) groups is 1. The molecular formula is C19H25N3O2S. The zero-order valence-corrected chi connectivity index (χ0v) is 15.8. The summed E-state index contributed by atoms with van der Waals surface area (Å²) in [6, 6.07) is 7.51. The fraction of sp³-hybridized carbons (Fsp3) is 0.526. The van der Waals surface area contributed by atoms with E-state index in [1.807, 2.05) is 28.8 Å². The van der Waals surface area contributed by atoms with Gasteiger partial charge in [0, 0.05) is 6.04 Å². The standard InChI is InChI=1S/C19H25N3O2S/c1-11-7-6-10-16(12(11)2)22-18(24)14-8-4-5-9-15(14)21-19(22)25-13(3)17(20)23/h4-5,8-9,11-13,16H,6-7,10H2,1-3H3,(H2,20,23)/t11-,12-,13+,16+/m1/s1. The molecule has 1 fully saturated rings. The van der Waals surface area contributed by atoms with Gasteiger partial charge in [-0.25, -0.2) is 4.98 Å². The number of fused-ring (bicyclic) bond motifs is 1. The van der Waals surface area contributed by atoms with E-state index in [2.05, 4.69) is 13.8 Å². The molecule has 25 heavy (non-hydrogen) atoms. The van der Waals surface area contributed by atoms with Gasteiger partial charge >= 0.3 is 0 Å². The third-order valence-corrected chi connectivity index (χ3v) is 6.54. The normalized spacial score (nSPS) is 25.0. The smallest absolute Gasteiger partial charge is 0.262 e. The molecule has 1 aliphatic rings. The fourth-order valence-corrected chi connectivity index (χ4v) is 4.55. The second kappa shape index (κ2) is 7.20. The van der Waals surface area contributed by atoms with Gasteiger partial charge in [-0.15, -0.1) is 0 Å². The van der Waals surface area contributed by atoms with Gasteiger partial charge in [0.05, 0.1) is 16.2 Å². The molecule has 0 aliphatic heterocycles. The number of rotatable bonds is 4. The summed E-state index contributed by atoms with van der Waals surface area (Å²) >= 11 is 1.28. The van der Waals surface area contributed by atoms with Crippen LogP contribution in [-0.2, 0) is 4.79 Å². The van der Waals surface area contributed by atoms with E-state index in [4.69, 9.17) is 10.7 Å². The highest BCUT2D eigenvalue weighted by atomic mass is 32.2. The number of primary amides is 1. The van der Waals surface area contributed by atoms with E-state index in [1.165, 1.54) is 18.2 Å². The average molecular weight is 359 g/mol. The van der Waals surface area contributed by atoms with E-state index in [-0.39, 0.29) is 11.6 Å². The number of amides is 1. The predicted octanol–water partition coefficient (Wildman–Crippen LogP) is 3.36. The number of para-hydroxylation sites is 1. The summed E-state index contributed by atoms with van der Waals surface area (Å²) in [6.07, 6.45) is 3.25. The Labute approximate surface area is 152 Å². The van der Waals surface area contributed by atoms with Crippen molar-refractivity contribution in [2.24, 2.45) is 17.6 Å². The minimum atomic E-state index is -0.435. The SMILES string of the molecule is C[C@@H]1[C@H](C)CCC[C@@H]1n1c(S[C@@H](C)C(N)=O)nc2ccccc2c1=O. The van der Waals surface area contributed by atoms with Crippen LogP contribution in [0.3, 0.4) is 0 Å². The molecule has 0 spiro atoms. The summed E-state index contributed by atoms with van der Waals surface area (Å²) in [5, 5.41) is 0.792. The van der Waals surface area contributed by atoms with Crippen LogP contribution in [0.5, 0.6) is 0 Å². The number of nitrogens with zero attached hydrogens (tertiary/aromatic N) is 2. The van der Waals surface area contributed by atoms with Gasteiger partial charge in [-0.1, -0.05) is 50.6 Å². The van der Waals surface area contributed by atoms with Gasteiger partial charge in [0.25, 0.3) is 5.56 Å². The van der Waals surface area contributed by atoms with Gasteiger partial charge in [0.15, 0.2) is 5.16 Å². The summed E-state index contributed by atoms with van der Waals surface area (Å²) in [7, 11) is 0. The zero-order chi connectivity index (χ0) is 18.1. The van der Waals surface area contributed by atoms with Gasteiger partial charge in [-0.2, -0.15) is 0 Å². The lowest BCUT2D eigenvalue weighted by molar-refractivity contribution is -0.117. The molecule has 2 aromatic rings. The van der Waals surface area contributed by atoms with E-state index in [0.717, 1.165) is 12.8 Å². The number of carbonyl (C=O) groups excluding carboxylic acids is 1. The number of hydrogen-bond acceptors (Lipinski definition) is 4. The van der Waals surface area contributed by atoms with Gasteiger partial charge in [-0.05, 0) is 37.3 Å². The largest absolute Gasteiger partial charge is 0.369 e. The van der Waals surface area contributed by atoms with Crippen molar-refractivity contribution < 1.29 is 4.79 Å². The predicted molar refractivity (Wildman–Crippen MR) is 102 cm³/mol. The summed E-state index contributed by atoms with van der Waals surface area (Å²) in [6.45, 7) is 6.21. The molecule has 6 heteroatoms. The first kappa shape index (κ1) is 18.0. The van der Waals surface area contributed by atoms with E-state index in [1.54, 1.807) is 6.92 Å². The maximum atomic E-state index is 13.2. The Bertz CT molecular complexity index is 848. The second-order valence-corrected chi connectivity index (χ2v) is 8.39. The van der Waals surface area contributed by atoms with Crippen LogP contribution in [0.2, 0.25) is 0 Å². The summed E-state index contributed by atoms with van der Waals surface area (Å²) in [5.41, 5.74) is 6.09. The van der Waals surface area contributed by atoms with Gasteiger partial charge in [-0.3, -0.25) is 14.2 Å². The van der Waals surface area contributed by atoms with Crippen molar-refractivity contribution in [2.45, 2.75) is 56.5 Å². The van der Waals surface area contributed by atoms with Crippen molar-refractivity contribution in [3.05, 3.63) is 34.6 Å². The molecule has 1 aromatic heterocycles. The number of benzene rings is 1. The summed E-state index contributed by atoms with van der Waals surface area (Å²) < 4.78 is 1.83. The molecule has 0 unspecified atom stereocenters. The first-order valence-corrected chi connectivity index (χ1v) is 9.75. The van der Waals surface area contributed by atoms with Crippen LogP contribution < -0.4 is 11.3 Å². The Balaban J connectivity index is 2.18. The Morgan fingerprint density at radius 2 is 2.04 bits per heavy atom. The minimum absolute atomic E-state index is 0.0179. The lowest BCUT2D eigenvalue weighted by atomic mass is 9.78. The van der Waals surface area contributed by atoms with Gasteiger partial charge < -0.3 is 5.73 Å². The van der Waals surface area contributed by atoms with Crippen LogP contribution in [0.1, 0.15) is 46.1 Å². The molecule has 1 amide bonds. The molecule has 1 aromatic carbocycles. The molecule has 1 aliphatic carbocycles. The lowest BCUT2D eigenvalue weighted by Gasteiger charge is -2.36. The van der Waals surface area contributed by atoms with Crippen molar-refractivity contribution in [2.75, 3.05) is 0 Å². The highest BCUT2D eigenvalue weighted by Crippen LogP contribution is 2.39. The number of aromatic nitrogens is 2. The number of thioether (sulfide) groups is 1. The van der Waals surface area contributed by atoms with Crippen molar-refractivity contribution in [1.29, 1.82) is 0 Å². The Morgan fingerprint density at radius 3 is 2.76 bits per heavy atom. The fourth-order valence-electron chi connectivity index (χ4n) is 3.64. The van der Waals surface area contributed by atoms with Crippen LogP contribution >= 0.6 is 11.8 Å². The lowest BCUT2D eigenvalue weighted by Crippen LogP contribution is -2.36. The van der Waals surface area contributed by atoms with Crippen LogP contribution in [0.15, 0.2) is 34.2 Å². The van der Waals surface area contributed by atoms with E-state index in [9.17, 15) is 9.59 Å². The molecule has 1 saturated carbocycles. The maximum Gasteiger partial charge on any atom is 0.262 e. The summed E-state index contributed by atoms with van der Waals surface area (Å²) in [4.78, 5) is 29.5. The molecule has 2 N–H and O–H groups in total. The molecule has 0 bridgehead atoms. The monoisotopic (exact) mass is 359 g/mol. The molecule has 3 rings (SSSR count). The third-order valence-electron chi connectivity index (χ3n) is 5.45. The van der Waals surface area contributed by atoms with Crippen molar-refractivity contribution >= 4 is 28.6 Å². The van der Waals surface area contributed by atoms with Gasteiger partial charge in [0.1, 0.15) is 0 Å².